The number of nitrogens with zero attached hydrogens (tertiary/aromatic N) is 1. The fraction of sp³-hybridized carbons (Fsp3) is 0.609. The summed E-state index contributed by atoms with van der Waals surface area (Å²) < 4.78 is 0. The van der Waals surface area contributed by atoms with Crippen LogP contribution in [0.25, 0.3) is 0 Å². The van der Waals surface area contributed by atoms with Crippen molar-refractivity contribution in [3.63, 3.8) is 0 Å². The molecule has 1 aromatic carbocycles. The van der Waals surface area contributed by atoms with Gasteiger partial charge in [-0.2, -0.15) is 11.8 Å². The van der Waals surface area contributed by atoms with Gasteiger partial charge in [0.25, 0.3) is 0 Å². The zero-order chi connectivity index (χ0) is 21.0. The van der Waals surface area contributed by atoms with Crippen LogP contribution in [0.1, 0.15) is 50.2 Å². The molecule has 4 atom stereocenters. The molecule has 2 saturated heterocycles. The summed E-state index contributed by atoms with van der Waals surface area (Å²) in [5.41, 5.74) is 1.58. The van der Waals surface area contributed by atoms with E-state index in [1.807, 2.05) is 24.5 Å². The van der Waals surface area contributed by atoms with E-state index >= 15 is 0 Å². The van der Waals surface area contributed by atoms with E-state index in [0.29, 0.717) is 0 Å². The Bertz CT molecular complexity index is 913. The molecule has 2 N–H and O–H groups in total. The number of likely N-dealkylation sites (tertiary alicyclic amines) is 1. The molecule has 4 aliphatic rings. The van der Waals surface area contributed by atoms with E-state index in [1.165, 1.54) is 0 Å². The molecule has 1 aromatic rings. The molecule has 0 unspecified atom stereocenters. The van der Waals surface area contributed by atoms with Gasteiger partial charge in [-0.05, 0) is 43.3 Å². The molecular formula is C23H29N3O3S. The lowest BCUT2D eigenvalue weighted by Gasteiger charge is -2.31. The Morgan fingerprint density at radius 1 is 1.17 bits per heavy atom. The first-order chi connectivity index (χ1) is 14.5. The maximum absolute atomic E-state index is 13.8. The number of carbonyl (C=O) groups is 3. The second kappa shape index (κ2) is 7.38. The summed E-state index contributed by atoms with van der Waals surface area (Å²) in [5.74, 6) is -0.653. The van der Waals surface area contributed by atoms with E-state index in [0.717, 1.165) is 61.1 Å². The molecule has 3 aliphatic heterocycles. The summed E-state index contributed by atoms with van der Waals surface area (Å²) in [6, 6.07) is 5.75. The van der Waals surface area contributed by atoms with Gasteiger partial charge < -0.3 is 5.32 Å². The van der Waals surface area contributed by atoms with Gasteiger partial charge in [-0.1, -0.05) is 38.0 Å². The highest BCUT2D eigenvalue weighted by molar-refractivity contribution is 7.98. The van der Waals surface area contributed by atoms with Gasteiger partial charge in [0.1, 0.15) is 5.54 Å². The molecule has 5 rings (SSSR count). The minimum atomic E-state index is -1.14. The third kappa shape index (κ3) is 2.57. The van der Waals surface area contributed by atoms with Crippen LogP contribution in [0.5, 0.6) is 0 Å². The van der Waals surface area contributed by atoms with Crippen molar-refractivity contribution >= 4 is 35.2 Å². The van der Waals surface area contributed by atoms with Gasteiger partial charge >= 0.3 is 0 Å². The highest BCUT2D eigenvalue weighted by Crippen LogP contribution is 2.54. The first kappa shape index (κ1) is 20.1. The lowest BCUT2D eigenvalue weighted by molar-refractivity contribution is -0.145. The number of aryl methyl sites for hydroxylation is 1. The van der Waals surface area contributed by atoms with Gasteiger partial charge in [0, 0.05) is 23.3 Å². The van der Waals surface area contributed by atoms with Crippen molar-refractivity contribution in [3.8, 4) is 0 Å². The van der Waals surface area contributed by atoms with Gasteiger partial charge in [0.2, 0.25) is 17.7 Å². The quantitative estimate of drug-likeness (QED) is 0.707. The zero-order valence-corrected chi connectivity index (χ0v) is 18.4. The summed E-state index contributed by atoms with van der Waals surface area (Å²) in [6.45, 7) is 2.06. The predicted octanol–water partition coefficient (Wildman–Crippen LogP) is 2.67. The number of para-hydroxylation sites is 1. The Hall–Kier alpha value is -1.86. The molecular weight excluding hydrogens is 398 g/mol. The molecule has 3 fully saturated rings. The molecule has 30 heavy (non-hydrogen) atoms. The lowest BCUT2D eigenvalue weighted by atomic mass is 9.76. The zero-order valence-electron chi connectivity index (χ0n) is 17.6. The number of hydrogen-bond acceptors (Lipinski definition) is 5. The Labute approximate surface area is 181 Å². The standard InChI is InChI=1S/C23H29N3O3S/c1-3-13-7-6-10-15-19(13)24-22(29)23(15)18-17(16(25-23)11-12-30-2)20(27)26(21(18)28)14-8-4-5-9-14/h6-7,10,14,16-18,25H,3-5,8-9,11-12H2,1-2H3,(H,24,29)/t16-,17+,18-,23-/m0/s1. The van der Waals surface area contributed by atoms with Crippen molar-refractivity contribution in [2.45, 2.75) is 63.1 Å². The van der Waals surface area contributed by atoms with Crippen LogP contribution in [0.15, 0.2) is 18.2 Å². The van der Waals surface area contributed by atoms with E-state index in [4.69, 9.17) is 0 Å². The number of imide groups is 1. The fourth-order valence-electron chi connectivity index (χ4n) is 6.22. The van der Waals surface area contributed by atoms with Crippen molar-refractivity contribution in [2.75, 3.05) is 17.3 Å². The maximum Gasteiger partial charge on any atom is 0.250 e. The molecule has 3 amide bonds. The van der Waals surface area contributed by atoms with Crippen LogP contribution in [-0.2, 0) is 26.3 Å². The topological polar surface area (TPSA) is 78.5 Å². The highest BCUT2D eigenvalue weighted by atomic mass is 32.2. The second-order valence-electron chi connectivity index (χ2n) is 8.98. The molecule has 7 heteroatoms. The molecule has 3 heterocycles. The largest absolute Gasteiger partial charge is 0.324 e. The molecule has 1 aliphatic carbocycles. The van der Waals surface area contributed by atoms with Crippen molar-refractivity contribution in [1.82, 2.24) is 10.2 Å². The summed E-state index contributed by atoms with van der Waals surface area (Å²) in [4.78, 5) is 42.4. The minimum absolute atomic E-state index is 0.000221. The van der Waals surface area contributed by atoms with Crippen LogP contribution in [0.2, 0.25) is 0 Å². The second-order valence-corrected chi connectivity index (χ2v) is 9.96. The van der Waals surface area contributed by atoms with Gasteiger partial charge in [-0.25, -0.2) is 0 Å². The Morgan fingerprint density at radius 2 is 1.93 bits per heavy atom. The van der Waals surface area contributed by atoms with E-state index < -0.39 is 17.4 Å². The molecule has 160 valence electrons. The molecule has 0 aromatic heterocycles. The summed E-state index contributed by atoms with van der Waals surface area (Å²) in [7, 11) is 0. The number of thioether (sulfide) groups is 1. The smallest absolute Gasteiger partial charge is 0.250 e. The number of carbonyl (C=O) groups excluding carboxylic acids is 3. The van der Waals surface area contributed by atoms with Crippen molar-refractivity contribution in [1.29, 1.82) is 0 Å². The Morgan fingerprint density at radius 3 is 2.63 bits per heavy atom. The van der Waals surface area contributed by atoms with Crippen molar-refractivity contribution in [3.05, 3.63) is 29.3 Å². The number of benzene rings is 1. The van der Waals surface area contributed by atoms with Gasteiger partial charge in [0.05, 0.1) is 11.8 Å². The summed E-state index contributed by atoms with van der Waals surface area (Å²) >= 11 is 1.72. The molecule has 0 bridgehead atoms. The van der Waals surface area contributed by atoms with Crippen molar-refractivity contribution < 1.29 is 14.4 Å². The summed E-state index contributed by atoms with van der Waals surface area (Å²) in [5, 5.41) is 6.61. The van der Waals surface area contributed by atoms with E-state index in [2.05, 4.69) is 17.6 Å². The SMILES string of the molecule is CCc1cccc2c1NC(=O)[C@]21N[C@@H](CCSC)[C@H]2C(=O)N(C3CCCC3)C(=O)[C@H]21. The Kier molecular flexibility index (Phi) is 4.93. The third-order valence-electron chi connectivity index (χ3n) is 7.57. The van der Waals surface area contributed by atoms with Gasteiger partial charge in [-0.3, -0.25) is 24.6 Å². The molecule has 1 spiro atoms. The highest BCUT2D eigenvalue weighted by Gasteiger charge is 2.70. The number of nitrogens with one attached hydrogen (secondary N) is 2. The van der Waals surface area contributed by atoms with Crippen molar-refractivity contribution in [2.24, 2.45) is 11.8 Å². The monoisotopic (exact) mass is 427 g/mol. The third-order valence-corrected chi connectivity index (χ3v) is 8.22. The first-order valence-electron chi connectivity index (χ1n) is 11.1. The van der Waals surface area contributed by atoms with Crippen LogP contribution < -0.4 is 10.6 Å². The van der Waals surface area contributed by atoms with Gasteiger partial charge in [0.15, 0.2) is 0 Å². The van der Waals surface area contributed by atoms with E-state index in [1.54, 1.807) is 16.7 Å². The van der Waals surface area contributed by atoms with E-state index in [-0.39, 0.29) is 29.8 Å². The number of rotatable bonds is 5. The number of anilines is 1. The average Bonchev–Trinajstić information content (AvgIpc) is 3.48. The van der Waals surface area contributed by atoms with Crippen LogP contribution in [0, 0.1) is 11.8 Å². The van der Waals surface area contributed by atoms with Crippen LogP contribution >= 0.6 is 11.8 Å². The van der Waals surface area contributed by atoms with E-state index in [9.17, 15) is 14.4 Å². The van der Waals surface area contributed by atoms with Crippen LogP contribution in [-0.4, -0.2) is 46.7 Å². The molecule has 6 nitrogen and oxygen atoms in total. The van der Waals surface area contributed by atoms with Crippen LogP contribution in [0.4, 0.5) is 5.69 Å². The summed E-state index contributed by atoms with van der Waals surface area (Å²) in [6.07, 6.45) is 7.48. The van der Waals surface area contributed by atoms with Gasteiger partial charge in [-0.15, -0.1) is 0 Å². The predicted molar refractivity (Wildman–Crippen MR) is 117 cm³/mol. The number of fused-ring (bicyclic) bond motifs is 4. The first-order valence-corrected chi connectivity index (χ1v) is 12.5. The van der Waals surface area contributed by atoms with Crippen LogP contribution in [0.3, 0.4) is 0 Å². The average molecular weight is 428 g/mol. The minimum Gasteiger partial charge on any atom is -0.324 e. The number of amides is 3. The number of hydrogen-bond donors (Lipinski definition) is 2. The molecule has 1 saturated carbocycles. The fourth-order valence-corrected chi connectivity index (χ4v) is 6.71. The molecule has 0 radical (unpaired) electrons. The Balaban J connectivity index is 1.63. The lowest BCUT2D eigenvalue weighted by Crippen LogP contribution is -2.54. The maximum atomic E-state index is 13.8. The normalized spacial score (nSPS) is 32.9.